The van der Waals surface area contributed by atoms with Crippen molar-refractivity contribution in [1.29, 1.82) is 0 Å². The van der Waals surface area contributed by atoms with Crippen LogP contribution < -0.4 is 14.2 Å². The lowest BCUT2D eigenvalue weighted by Crippen LogP contribution is -2.03. The summed E-state index contributed by atoms with van der Waals surface area (Å²) in [6, 6.07) is 10.4. The molecule has 1 N–H and O–H groups in total. The number of nitrogens with one attached hydrogen (secondary N) is 1. The maximum Gasteiger partial charge on any atom is 0.315 e. The summed E-state index contributed by atoms with van der Waals surface area (Å²) < 4.78 is 18.2. The molecule has 0 aliphatic carbocycles. The van der Waals surface area contributed by atoms with Gasteiger partial charge < -0.3 is 14.2 Å². The second-order valence-corrected chi connectivity index (χ2v) is 6.90. The summed E-state index contributed by atoms with van der Waals surface area (Å²) in [5.74, 6) is 1.41. The average molecular weight is 458 g/mol. The van der Waals surface area contributed by atoms with Crippen LogP contribution in [-0.4, -0.2) is 46.3 Å². The summed E-state index contributed by atoms with van der Waals surface area (Å²) in [6.07, 6.45) is 2.14. The summed E-state index contributed by atoms with van der Waals surface area (Å²) >= 11 is 5.32. The highest BCUT2D eigenvalue weighted by atomic mass is 32.1. The van der Waals surface area contributed by atoms with Crippen molar-refractivity contribution in [2.75, 3.05) is 20.3 Å². The molecule has 0 spiro atoms. The molecule has 0 bridgehead atoms. The second-order valence-electron chi connectivity index (χ2n) is 6.51. The first-order valence-electron chi connectivity index (χ1n) is 9.93. The van der Waals surface area contributed by atoms with Crippen LogP contribution in [0.4, 0.5) is 5.69 Å². The van der Waals surface area contributed by atoms with Crippen LogP contribution in [0.15, 0.2) is 41.5 Å². The van der Waals surface area contributed by atoms with Gasteiger partial charge in [-0.15, -0.1) is 0 Å². The minimum atomic E-state index is -0.516. The molecule has 0 saturated carbocycles. The molecule has 0 aliphatic heterocycles. The number of hydrogen-bond donors (Lipinski definition) is 1. The minimum absolute atomic E-state index is 0.0859. The summed E-state index contributed by atoms with van der Waals surface area (Å²) in [6.45, 7) is 4.62. The number of hydrogen-bond acceptors (Lipinski definition) is 8. The zero-order valence-electron chi connectivity index (χ0n) is 17.9. The van der Waals surface area contributed by atoms with Gasteiger partial charge in [0.1, 0.15) is 5.75 Å². The molecule has 0 atom stereocenters. The van der Waals surface area contributed by atoms with Gasteiger partial charge in [0, 0.05) is 11.6 Å². The SMILES string of the molecule is CCCOc1c(OC)cc(/C=N\n2c(-c3ccccc3OCC)n[nH]c2=S)cc1[N+](=O)[O-]. The van der Waals surface area contributed by atoms with Crippen LogP contribution in [-0.2, 0) is 0 Å². The second kappa shape index (κ2) is 10.5. The molecule has 3 rings (SSSR count). The normalized spacial score (nSPS) is 11.0. The molecule has 10 nitrogen and oxygen atoms in total. The highest BCUT2D eigenvalue weighted by molar-refractivity contribution is 7.71. The molecule has 2 aromatic carbocycles. The van der Waals surface area contributed by atoms with E-state index in [0.29, 0.717) is 42.3 Å². The number of H-pyrrole nitrogens is 1. The van der Waals surface area contributed by atoms with Gasteiger partial charge in [-0.3, -0.25) is 10.1 Å². The quantitative estimate of drug-likeness (QED) is 0.205. The van der Waals surface area contributed by atoms with E-state index in [-0.39, 0.29) is 22.0 Å². The molecule has 0 amide bonds. The van der Waals surface area contributed by atoms with E-state index in [1.165, 1.54) is 24.1 Å². The van der Waals surface area contributed by atoms with Gasteiger partial charge >= 0.3 is 5.69 Å². The fourth-order valence-electron chi connectivity index (χ4n) is 2.95. The first kappa shape index (κ1) is 22.9. The summed E-state index contributed by atoms with van der Waals surface area (Å²) in [5, 5.41) is 23.0. The lowest BCUT2D eigenvalue weighted by Gasteiger charge is -2.11. The number of aromatic nitrogens is 3. The van der Waals surface area contributed by atoms with E-state index in [1.54, 1.807) is 6.07 Å². The van der Waals surface area contributed by atoms with Crippen molar-refractivity contribution < 1.29 is 19.1 Å². The van der Waals surface area contributed by atoms with Crippen molar-refractivity contribution in [3.8, 4) is 28.6 Å². The van der Waals surface area contributed by atoms with Crippen molar-refractivity contribution in [2.45, 2.75) is 20.3 Å². The summed E-state index contributed by atoms with van der Waals surface area (Å²) in [5.41, 5.74) is 0.923. The first-order valence-corrected chi connectivity index (χ1v) is 10.3. The number of methoxy groups -OCH3 is 1. The Kier molecular flexibility index (Phi) is 7.55. The zero-order valence-corrected chi connectivity index (χ0v) is 18.7. The lowest BCUT2D eigenvalue weighted by molar-refractivity contribution is -0.386. The van der Waals surface area contributed by atoms with E-state index in [1.807, 2.05) is 38.1 Å². The highest BCUT2D eigenvalue weighted by Gasteiger charge is 2.22. The van der Waals surface area contributed by atoms with Crippen LogP contribution in [0.2, 0.25) is 0 Å². The number of nitrogens with zero attached hydrogens (tertiary/aromatic N) is 4. The van der Waals surface area contributed by atoms with E-state index in [9.17, 15) is 10.1 Å². The van der Waals surface area contributed by atoms with Crippen molar-refractivity contribution >= 4 is 24.1 Å². The van der Waals surface area contributed by atoms with E-state index in [2.05, 4.69) is 15.3 Å². The minimum Gasteiger partial charge on any atom is -0.493 e. The number of para-hydroxylation sites is 1. The topological polar surface area (TPSA) is 117 Å². The Labute approximate surface area is 189 Å². The Balaban J connectivity index is 2.04. The van der Waals surface area contributed by atoms with Gasteiger partial charge in [-0.1, -0.05) is 19.1 Å². The van der Waals surface area contributed by atoms with E-state index >= 15 is 0 Å². The third-order valence-electron chi connectivity index (χ3n) is 4.33. The van der Waals surface area contributed by atoms with Gasteiger partial charge in [0.15, 0.2) is 11.6 Å². The Bertz CT molecular complexity index is 1190. The van der Waals surface area contributed by atoms with Gasteiger partial charge in [0.05, 0.1) is 37.0 Å². The number of nitro groups is 1. The van der Waals surface area contributed by atoms with Gasteiger partial charge in [0.2, 0.25) is 10.5 Å². The van der Waals surface area contributed by atoms with E-state index in [0.717, 1.165) is 0 Å². The number of nitro benzene ring substituents is 1. The Morgan fingerprint density at radius 3 is 2.72 bits per heavy atom. The molecule has 168 valence electrons. The van der Waals surface area contributed by atoms with Crippen molar-refractivity contribution in [3.63, 3.8) is 0 Å². The van der Waals surface area contributed by atoms with Crippen LogP contribution >= 0.6 is 12.2 Å². The fourth-order valence-corrected chi connectivity index (χ4v) is 3.13. The molecule has 0 fully saturated rings. The highest BCUT2D eigenvalue weighted by Crippen LogP contribution is 2.38. The third kappa shape index (κ3) is 4.94. The largest absolute Gasteiger partial charge is 0.493 e. The number of rotatable bonds is 10. The predicted molar refractivity (Wildman–Crippen MR) is 122 cm³/mol. The van der Waals surface area contributed by atoms with Crippen LogP contribution in [0.3, 0.4) is 0 Å². The average Bonchev–Trinajstić information content (AvgIpc) is 3.16. The van der Waals surface area contributed by atoms with Crippen LogP contribution in [0.25, 0.3) is 11.4 Å². The van der Waals surface area contributed by atoms with Crippen molar-refractivity contribution in [3.05, 3.63) is 56.8 Å². The summed E-state index contributed by atoms with van der Waals surface area (Å²) in [7, 11) is 1.42. The molecule has 0 radical (unpaired) electrons. The van der Waals surface area contributed by atoms with E-state index in [4.69, 9.17) is 26.4 Å². The Morgan fingerprint density at radius 2 is 2.03 bits per heavy atom. The standard InChI is InChI=1S/C21H23N5O5S/c1-4-10-31-19-16(26(27)28)11-14(12-18(19)29-3)13-22-25-20(23-24-21(25)32)15-8-6-7-9-17(15)30-5-2/h6-9,11-13H,4-5,10H2,1-3H3,(H,24,32)/b22-13-. The molecule has 32 heavy (non-hydrogen) atoms. The Hall–Kier alpha value is -3.73. The van der Waals surface area contributed by atoms with Gasteiger partial charge in [-0.2, -0.15) is 14.9 Å². The predicted octanol–water partition coefficient (Wildman–Crippen LogP) is 4.59. The smallest absolute Gasteiger partial charge is 0.315 e. The molecule has 0 aliphatic rings. The number of benzene rings is 2. The van der Waals surface area contributed by atoms with Crippen molar-refractivity contribution in [2.24, 2.45) is 5.10 Å². The lowest BCUT2D eigenvalue weighted by atomic mass is 10.2. The van der Waals surface area contributed by atoms with Crippen LogP contribution in [0, 0.1) is 14.9 Å². The van der Waals surface area contributed by atoms with E-state index < -0.39 is 4.92 Å². The zero-order chi connectivity index (χ0) is 23.1. The Morgan fingerprint density at radius 1 is 1.25 bits per heavy atom. The van der Waals surface area contributed by atoms with Gasteiger partial charge in [-0.25, -0.2) is 5.10 Å². The molecule has 11 heteroatoms. The monoisotopic (exact) mass is 457 g/mol. The van der Waals surface area contributed by atoms with Gasteiger partial charge in [0.25, 0.3) is 0 Å². The molecule has 1 heterocycles. The maximum atomic E-state index is 11.6. The van der Waals surface area contributed by atoms with Crippen LogP contribution in [0.1, 0.15) is 25.8 Å². The molecular formula is C21H23N5O5S. The fraction of sp³-hybridized carbons (Fsp3) is 0.286. The number of aromatic amines is 1. The first-order chi connectivity index (χ1) is 15.5. The van der Waals surface area contributed by atoms with Crippen molar-refractivity contribution in [1.82, 2.24) is 14.9 Å². The number of ether oxygens (including phenoxy) is 3. The maximum absolute atomic E-state index is 11.6. The third-order valence-corrected chi connectivity index (χ3v) is 4.59. The van der Waals surface area contributed by atoms with Crippen LogP contribution in [0.5, 0.6) is 17.2 Å². The molecule has 1 aromatic heterocycles. The molecule has 3 aromatic rings. The van der Waals surface area contributed by atoms with Gasteiger partial charge in [-0.05, 0) is 43.8 Å². The molecule has 0 unspecified atom stereocenters. The summed E-state index contributed by atoms with van der Waals surface area (Å²) in [4.78, 5) is 11.1. The molecule has 0 saturated heterocycles. The molecular weight excluding hydrogens is 434 g/mol.